The first-order chi connectivity index (χ1) is 17.7. The van der Waals surface area contributed by atoms with E-state index in [2.05, 4.69) is 5.32 Å². The number of nitrogens with two attached hydrogens (primary N) is 1. The zero-order chi connectivity index (χ0) is 26.6. The first kappa shape index (κ1) is 25.7. The SMILES string of the molecule is Cc1cccc(N(CC(=O)Nc2ccc(OCC(N)=O)cc2)S(=O)(=O)c2cccc3ccccc23)c1C. The molecule has 0 bridgehead atoms. The van der Waals surface area contributed by atoms with E-state index in [0.717, 1.165) is 20.8 Å². The molecule has 0 aromatic heterocycles. The molecule has 0 aliphatic rings. The summed E-state index contributed by atoms with van der Waals surface area (Å²) in [6.45, 7) is 3.03. The van der Waals surface area contributed by atoms with Crippen molar-refractivity contribution in [3.63, 3.8) is 0 Å². The highest BCUT2D eigenvalue weighted by Gasteiger charge is 2.30. The molecule has 0 fully saturated rings. The maximum Gasteiger partial charge on any atom is 0.265 e. The van der Waals surface area contributed by atoms with Crippen LogP contribution in [0.25, 0.3) is 10.8 Å². The Morgan fingerprint density at radius 2 is 1.57 bits per heavy atom. The lowest BCUT2D eigenvalue weighted by molar-refractivity contribution is -0.120. The molecule has 0 aliphatic carbocycles. The Morgan fingerprint density at radius 3 is 2.30 bits per heavy atom. The predicted molar refractivity (Wildman–Crippen MR) is 144 cm³/mol. The van der Waals surface area contributed by atoms with Crippen LogP contribution in [0.1, 0.15) is 11.1 Å². The molecule has 0 radical (unpaired) electrons. The van der Waals surface area contributed by atoms with E-state index in [1.807, 2.05) is 38.1 Å². The molecular weight excluding hydrogens is 490 g/mol. The van der Waals surface area contributed by atoms with Gasteiger partial charge in [0.2, 0.25) is 5.91 Å². The van der Waals surface area contributed by atoms with Crippen LogP contribution in [0.3, 0.4) is 0 Å². The maximum absolute atomic E-state index is 14.1. The van der Waals surface area contributed by atoms with Crippen molar-refractivity contribution in [3.05, 3.63) is 96.1 Å². The minimum Gasteiger partial charge on any atom is -0.484 e. The molecule has 0 atom stereocenters. The molecule has 4 rings (SSSR count). The smallest absolute Gasteiger partial charge is 0.265 e. The highest BCUT2D eigenvalue weighted by Crippen LogP contribution is 2.32. The summed E-state index contributed by atoms with van der Waals surface area (Å²) in [6.07, 6.45) is 0. The molecule has 0 spiro atoms. The molecule has 0 aliphatic heterocycles. The number of nitrogens with zero attached hydrogens (tertiary/aromatic N) is 1. The van der Waals surface area contributed by atoms with E-state index in [0.29, 0.717) is 22.5 Å². The fourth-order valence-corrected chi connectivity index (χ4v) is 5.66. The standard InChI is InChI=1S/C28H27N3O5S/c1-19-7-5-11-25(20(19)2)31(37(34,35)26-12-6-9-21-8-3-4-10-24(21)26)17-28(33)30-22-13-15-23(16-14-22)36-18-27(29)32/h3-16H,17-18H2,1-2H3,(H2,29,32)(H,30,33). The number of hydrogen-bond donors (Lipinski definition) is 2. The maximum atomic E-state index is 14.1. The second kappa shape index (κ2) is 10.7. The summed E-state index contributed by atoms with van der Waals surface area (Å²) < 4.78 is 34.5. The average molecular weight is 518 g/mol. The van der Waals surface area contributed by atoms with E-state index in [1.165, 1.54) is 0 Å². The summed E-state index contributed by atoms with van der Waals surface area (Å²) in [5.74, 6) is -0.709. The first-order valence-corrected chi connectivity index (χ1v) is 13.0. The lowest BCUT2D eigenvalue weighted by atomic mass is 10.1. The number of fused-ring (bicyclic) bond motifs is 1. The number of amides is 2. The van der Waals surface area contributed by atoms with Crippen molar-refractivity contribution in [3.8, 4) is 5.75 Å². The van der Waals surface area contributed by atoms with Crippen molar-refractivity contribution in [1.29, 1.82) is 0 Å². The fraction of sp³-hybridized carbons (Fsp3) is 0.143. The Hall–Kier alpha value is -4.37. The van der Waals surface area contributed by atoms with Gasteiger partial charge in [-0.25, -0.2) is 8.42 Å². The molecule has 0 saturated heterocycles. The summed E-state index contributed by atoms with van der Waals surface area (Å²) in [6, 6.07) is 24.0. The van der Waals surface area contributed by atoms with Gasteiger partial charge < -0.3 is 15.8 Å². The Kier molecular flexibility index (Phi) is 7.45. The summed E-state index contributed by atoms with van der Waals surface area (Å²) >= 11 is 0. The molecule has 2 amide bonds. The molecule has 190 valence electrons. The van der Waals surface area contributed by atoms with Gasteiger partial charge in [-0.3, -0.25) is 13.9 Å². The van der Waals surface area contributed by atoms with Gasteiger partial charge in [0.1, 0.15) is 12.3 Å². The molecule has 37 heavy (non-hydrogen) atoms. The van der Waals surface area contributed by atoms with Crippen LogP contribution in [0, 0.1) is 13.8 Å². The minimum atomic E-state index is -4.12. The third kappa shape index (κ3) is 5.73. The fourth-order valence-electron chi connectivity index (χ4n) is 3.96. The minimum absolute atomic E-state index is 0.121. The Morgan fingerprint density at radius 1 is 0.892 bits per heavy atom. The van der Waals surface area contributed by atoms with Crippen LogP contribution in [0.2, 0.25) is 0 Å². The number of aryl methyl sites for hydroxylation is 1. The van der Waals surface area contributed by atoms with Crippen LogP contribution in [0.5, 0.6) is 5.75 Å². The summed E-state index contributed by atoms with van der Waals surface area (Å²) in [5.41, 5.74) is 7.62. The molecule has 0 saturated carbocycles. The number of sulfonamides is 1. The zero-order valence-electron chi connectivity index (χ0n) is 20.5. The van der Waals surface area contributed by atoms with Gasteiger partial charge in [-0.15, -0.1) is 0 Å². The number of carbonyl (C=O) groups excluding carboxylic acids is 2. The summed E-state index contributed by atoms with van der Waals surface area (Å²) in [7, 11) is -4.12. The Bertz CT molecular complexity index is 1560. The van der Waals surface area contributed by atoms with Crippen LogP contribution in [0.4, 0.5) is 11.4 Å². The van der Waals surface area contributed by atoms with Gasteiger partial charge in [-0.2, -0.15) is 0 Å². The van der Waals surface area contributed by atoms with Crippen LogP contribution < -0.4 is 20.1 Å². The van der Waals surface area contributed by atoms with Crippen molar-refractivity contribution in [1.82, 2.24) is 0 Å². The van der Waals surface area contributed by atoms with Crippen LogP contribution in [-0.4, -0.2) is 33.4 Å². The normalized spacial score (nSPS) is 11.2. The lowest BCUT2D eigenvalue weighted by Crippen LogP contribution is -2.38. The molecule has 8 nitrogen and oxygen atoms in total. The lowest BCUT2D eigenvalue weighted by Gasteiger charge is -2.27. The van der Waals surface area contributed by atoms with E-state index >= 15 is 0 Å². The largest absolute Gasteiger partial charge is 0.484 e. The molecule has 0 unspecified atom stereocenters. The second-order valence-corrected chi connectivity index (χ2v) is 10.4. The highest BCUT2D eigenvalue weighted by atomic mass is 32.2. The number of carbonyl (C=O) groups is 2. The van der Waals surface area contributed by atoms with Gasteiger partial charge >= 0.3 is 0 Å². The highest BCUT2D eigenvalue weighted by molar-refractivity contribution is 7.93. The number of anilines is 2. The summed E-state index contributed by atoms with van der Waals surface area (Å²) in [5, 5.41) is 4.10. The predicted octanol–water partition coefficient (Wildman–Crippen LogP) is 4.15. The molecule has 4 aromatic rings. The van der Waals surface area contributed by atoms with E-state index in [9.17, 15) is 18.0 Å². The van der Waals surface area contributed by atoms with Gasteiger partial charge in [0.15, 0.2) is 6.61 Å². The van der Waals surface area contributed by atoms with Crippen molar-refractivity contribution < 1.29 is 22.7 Å². The van der Waals surface area contributed by atoms with E-state index in [4.69, 9.17) is 10.5 Å². The van der Waals surface area contributed by atoms with Crippen molar-refractivity contribution in [2.75, 3.05) is 22.8 Å². The number of nitrogens with one attached hydrogen (secondary N) is 1. The molecule has 3 N–H and O–H groups in total. The number of hydrogen-bond acceptors (Lipinski definition) is 5. The van der Waals surface area contributed by atoms with Crippen LogP contribution in [0.15, 0.2) is 89.8 Å². The molecule has 4 aromatic carbocycles. The topological polar surface area (TPSA) is 119 Å². The van der Waals surface area contributed by atoms with Gasteiger partial charge in [-0.1, -0.05) is 48.5 Å². The van der Waals surface area contributed by atoms with E-state index in [1.54, 1.807) is 60.7 Å². The van der Waals surface area contributed by atoms with Gasteiger partial charge in [0.05, 0.1) is 10.6 Å². The van der Waals surface area contributed by atoms with Crippen LogP contribution >= 0.6 is 0 Å². The van der Waals surface area contributed by atoms with Gasteiger partial charge in [0, 0.05) is 11.1 Å². The summed E-state index contributed by atoms with van der Waals surface area (Å²) in [4.78, 5) is 24.1. The van der Waals surface area contributed by atoms with E-state index < -0.39 is 28.4 Å². The number of benzene rings is 4. The number of ether oxygens (including phenoxy) is 1. The van der Waals surface area contributed by atoms with Crippen molar-refractivity contribution in [2.24, 2.45) is 5.73 Å². The quantitative estimate of drug-likeness (QED) is 0.346. The average Bonchev–Trinajstić information content (AvgIpc) is 2.88. The number of primary amides is 1. The first-order valence-electron chi connectivity index (χ1n) is 11.5. The Balaban J connectivity index is 1.67. The molecule has 9 heteroatoms. The van der Waals surface area contributed by atoms with Gasteiger partial charge in [0.25, 0.3) is 15.9 Å². The van der Waals surface area contributed by atoms with Crippen molar-refractivity contribution >= 4 is 44.0 Å². The Labute approximate surface area is 215 Å². The molecular formula is C28H27N3O5S. The second-order valence-electron chi connectivity index (χ2n) is 8.54. The van der Waals surface area contributed by atoms with E-state index in [-0.39, 0.29) is 11.5 Å². The zero-order valence-corrected chi connectivity index (χ0v) is 21.3. The van der Waals surface area contributed by atoms with Crippen molar-refractivity contribution in [2.45, 2.75) is 18.7 Å². The third-order valence-corrected chi connectivity index (χ3v) is 7.79. The van der Waals surface area contributed by atoms with Gasteiger partial charge in [-0.05, 0) is 66.8 Å². The molecule has 0 heterocycles. The third-order valence-electron chi connectivity index (χ3n) is 5.97. The van der Waals surface area contributed by atoms with Crippen LogP contribution in [-0.2, 0) is 19.6 Å². The monoisotopic (exact) mass is 517 g/mol. The number of rotatable bonds is 9.